The van der Waals surface area contributed by atoms with E-state index in [9.17, 15) is 10.1 Å². The molecule has 1 aromatic carbocycles. The van der Waals surface area contributed by atoms with E-state index >= 15 is 13.2 Å². The summed E-state index contributed by atoms with van der Waals surface area (Å²) in [6.45, 7) is 6.44. The van der Waals surface area contributed by atoms with Crippen molar-refractivity contribution in [3.05, 3.63) is 63.0 Å². The van der Waals surface area contributed by atoms with Crippen molar-refractivity contribution < 1.29 is 13.2 Å². The van der Waals surface area contributed by atoms with Crippen molar-refractivity contribution in [2.45, 2.75) is 95.7 Å². The Bertz CT molecular complexity index is 1620. The van der Waals surface area contributed by atoms with Crippen LogP contribution in [0, 0.1) is 30.0 Å². The molecule has 10 heteroatoms. The lowest BCUT2D eigenvalue weighted by atomic mass is 9.85. The summed E-state index contributed by atoms with van der Waals surface area (Å²) in [6, 6.07) is 7.69. The fourth-order valence-electron chi connectivity index (χ4n) is 6.57. The summed E-state index contributed by atoms with van der Waals surface area (Å²) in [4.78, 5) is 25.1. The summed E-state index contributed by atoms with van der Waals surface area (Å²) in [5, 5.41) is 13.7. The number of halogens is 3. The number of nitrogens with zero attached hydrogens (tertiary/aromatic N) is 5. The van der Waals surface area contributed by atoms with E-state index in [1.807, 2.05) is 0 Å². The number of alkyl halides is 2. The maximum Gasteiger partial charge on any atom is 0.281 e. The lowest BCUT2D eigenvalue weighted by Gasteiger charge is -2.46. The van der Waals surface area contributed by atoms with Gasteiger partial charge in [0.2, 0.25) is 0 Å². The molecule has 0 amide bonds. The number of pyridine rings is 1. The van der Waals surface area contributed by atoms with E-state index in [1.165, 1.54) is 18.2 Å². The van der Waals surface area contributed by atoms with Gasteiger partial charge in [-0.2, -0.15) is 5.26 Å². The van der Waals surface area contributed by atoms with Crippen LogP contribution in [0.1, 0.15) is 87.3 Å². The second kappa shape index (κ2) is 10.7. The lowest BCUT2D eigenvalue weighted by molar-refractivity contribution is -0.134. The average molecular weight is 579 g/mol. The molecule has 2 aromatic heterocycles. The van der Waals surface area contributed by atoms with Crippen molar-refractivity contribution in [3.8, 4) is 6.07 Å². The molecule has 1 N–H and O–H groups in total. The molecule has 42 heavy (non-hydrogen) atoms. The van der Waals surface area contributed by atoms with Gasteiger partial charge in [-0.05, 0) is 52.5 Å². The fourth-order valence-corrected chi connectivity index (χ4v) is 6.57. The van der Waals surface area contributed by atoms with Gasteiger partial charge < -0.3 is 5.32 Å². The number of nitriles is 1. The molecule has 1 saturated carbocycles. The maximum atomic E-state index is 15.9. The third-order valence-electron chi connectivity index (χ3n) is 9.54. The Morgan fingerprint density at radius 3 is 2.52 bits per heavy atom. The minimum atomic E-state index is -3.30. The van der Waals surface area contributed by atoms with Crippen LogP contribution in [0.4, 0.5) is 19.0 Å². The zero-order chi connectivity index (χ0) is 29.8. The van der Waals surface area contributed by atoms with Crippen LogP contribution in [-0.4, -0.2) is 38.6 Å². The van der Waals surface area contributed by atoms with Crippen LogP contribution in [0.3, 0.4) is 0 Å². The molecular formula is C32H37F3N6O. The predicted molar refractivity (Wildman–Crippen MR) is 155 cm³/mol. The van der Waals surface area contributed by atoms with Crippen molar-refractivity contribution in [1.82, 2.24) is 19.4 Å². The van der Waals surface area contributed by atoms with Crippen LogP contribution < -0.4 is 10.9 Å². The fraction of sp³-hybridized carbons (Fsp3) is 0.562. The van der Waals surface area contributed by atoms with Gasteiger partial charge in [0.1, 0.15) is 23.1 Å². The van der Waals surface area contributed by atoms with Gasteiger partial charge in [0.15, 0.2) is 0 Å². The van der Waals surface area contributed by atoms with Crippen molar-refractivity contribution in [2.24, 2.45) is 5.92 Å². The number of nitrogens with one attached hydrogen (secondary N) is 1. The average Bonchev–Trinajstić information content (AvgIpc) is 3.71. The third kappa shape index (κ3) is 4.85. The number of aryl methyl sites for hydroxylation is 2. The summed E-state index contributed by atoms with van der Waals surface area (Å²) in [6.07, 6.45) is 5.71. The Morgan fingerprint density at radius 1 is 1.07 bits per heavy atom. The number of hydrogen-bond donors (Lipinski definition) is 1. The van der Waals surface area contributed by atoms with E-state index in [0.717, 1.165) is 32.1 Å². The summed E-state index contributed by atoms with van der Waals surface area (Å²) in [5.41, 5.74) is -0.617. The standard InChI is InChI=1S/C32H37F3N6O/c1-19-9-6-4-5-7-14-41-29-24(15-26(30(41)42)31(18-36)12-13-31)28(38-21(3)39-29)37-20(2)23-10-8-11-25(27(23)33)32(34,35)22-16-40(19)17-22/h8,10-11,15,19-20,22H,4-7,9,12-14,16-17H2,1-3H3,(H,37,38,39)/t19?,20-/m1/s1. The zero-order valence-corrected chi connectivity index (χ0v) is 24.4. The molecule has 4 aliphatic rings. The highest BCUT2D eigenvalue weighted by atomic mass is 19.3. The predicted octanol–water partition coefficient (Wildman–Crippen LogP) is 6.34. The highest BCUT2D eigenvalue weighted by Gasteiger charge is 2.50. The second-order valence-electron chi connectivity index (χ2n) is 12.5. The molecule has 2 fully saturated rings. The molecule has 7 rings (SSSR count). The topological polar surface area (TPSA) is 86.8 Å². The Labute approximate surface area is 243 Å². The number of fused-ring (bicyclic) bond motifs is 7. The van der Waals surface area contributed by atoms with E-state index in [2.05, 4.69) is 33.2 Å². The van der Waals surface area contributed by atoms with E-state index in [1.54, 1.807) is 24.5 Å². The molecule has 0 spiro atoms. The van der Waals surface area contributed by atoms with Gasteiger partial charge >= 0.3 is 0 Å². The van der Waals surface area contributed by atoms with Gasteiger partial charge in [-0.3, -0.25) is 14.3 Å². The Hall–Kier alpha value is -3.45. The van der Waals surface area contributed by atoms with E-state index < -0.39 is 34.7 Å². The monoisotopic (exact) mass is 578 g/mol. The molecule has 3 aliphatic heterocycles. The summed E-state index contributed by atoms with van der Waals surface area (Å²) in [7, 11) is 0. The van der Waals surface area contributed by atoms with Crippen LogP contribution in [0.15, 0.2) is 29.1 Å². The van der Waals surface area contributed by atoms with Crippen LogP contribution in [0.5, 0.6) is 0 Å². The number of benzene rings is 1. The van der Waals surface area contributed by atoms with Crippen LogP contribution in [0.2, 0.25) is 0 Å². The number of rotatable bonds is 1. The van der Waals surface area contributed by atoms with E-state index in [4.69, 9.17) is 0 Å². The first kappa shape index (κ1) is 28.7. The highest BCUT2D eigenvalue weighted by molar-refractivity contribution is 5.88. The van der Waals surface area contributed by atoms with Crippen molar-refractivity contribution in [2.75, 3.05) is 18.4 Å². The minimum absolute atomic E-state index is 0.111. The Kier molecular flexibility index (Phi) is 7.28. The maximum absolute atomic E-state index is 15.9. The summed E-state index contributed by atoms with van der Waals surface area (Å²) >= 11 is 0. The van der Waals surface area contributed by atoms with Gasteiger partial charge in [0.05, 0.1) is 34.4 Å². The van der Waals surface area contributed by atoms with Crippen molar-refractivity contribution in [3.63, 3.8) is 0 Å². The van der Waals surface area contributed by atoms with Gasteiger partial charge in [-0.25, -0.2) is 23.1 Å². The molecule has 3 aromatic rings. The van der Waals surface area contributed by atoms with E-state index in [0.29, 0.717) is 47.6 Å². The van der Waals surface area contributed by atoms with Crippen LogP contribution >= 0.6 is 0 Å². The van der Waals surface area contributed by atoms with Gasteiger partial charge in [-0.15, -0.1) is 0 Å². The van der Waals surface area contributed by atoms with Gasteiger partial charge in [-0.1, -0.05) is 37.5 Å². The molecule has 1 aliphatic carbocycles. The van der Waals surface area contributed by atoms with Gasteiger partial charge in [0.25, 0.3) is 11.5 Å². The minimum Gasteiger partial charge on any atom is -0.363 e. The number of aromatic nitrogens is 3. The largest absolute Gasteiger partial charge is 0.363 e. The zero-order valence-electron chi connectivity index (χ0n) is 24.4. The Balaban J connectivity index is 1.47. The molecule has 1 unspecified atom stereocenters. The van der Waals surface area contributed by atoms with E-state index in [-0.39, 0.29) is 30.3 Å². The first-order valence-electron chi connectivity index (χ1n) is 15.1. The molecule has 1 saturated heterocycles. The second-order valence-corrected chi connectivity index (χ2v) is 12.5. The number of anilines is 1. The number of hydrogen-bond acceptors (Lipinski definition) is 6. The highest BCUT2D eigenvalue weighted by Crippen LogP contribution is 2.47. The first-order valence-corrected chi connectivity index (χ1v) is 15.1. The quantitative estimate of drug-likeness (QED) is 0.363. The first-order chi connectivity index (χ1) is 20.1. The third-order valence-corrected chi connectivity index (χ3v) is 9.54. The lowest BCUT2D eigenvalue weighted by Crippen LogP contribution is -2.56. The molecule has 222 valence electrons. The molecule has 2 atom stereocenters. The molecule has 5 heterocycles. The summed E-state index contributed by atoms with van der Waals surface area (Å²) in [5.74, 6) is -4.35. The Morgan fingerprint density at radius 2 is 1.81 bits per heavy atom. The molecule has 0 radical (unpaired) electrons. The smallest absolute Gasteiger partial charge is 0.281 e. The summed E-state index contributed by atoms with van der Waals surface area (Å²) < 4.78 is 48.8. The SMILES string of the molecule is Cc1nc2c3cc(C4(C#N)CC4)c(=O)n(c3n1)CCCCCCC(C)N1CC(C1)C(F)(F)c1cccc(c1F)[C@@H](C)N2. The van der Waals surface area contributed by atoms with Crippen molar-refractivity contribution >= 4 is 16.9 Å². The molecule has 8 bridgehead atoms. The van der Waals surface area contributed by atoms with Crippen LogP contribution in [-0.2, 0) is 17.9 Å². The molecular weight excluding hydrogens is 541 g/mol. The molecule has 7 nitrogen and oxygen atoms in total. The van der Waals surface area contributed by atoms with Crippen LogP contribution in [0.25, 0.3) is 11.0 Å². The van der Waals surface area contributed by atoms with Crippen molar-refractivity contribution in [1.29, 1.82) is 5.26 Å². The van der Waals surface area contributed by atoms with Gasteiger partial charge in [0, 0.05) is 36.8 Å². The normalized spacial score (nSPS) is 27.0.